The number of carboxylic acids is 1. The molecule has 1 saturated heterocycles. The van der Waals surface area contributed by atoms with Gasteiger partial charge in [-0.2, -0.15) is 0 Å². The van der Waals surface area contributed by atoms with Crippen molar-refractivity contribution in [3.8, 4) is 0 Å². The van der Waals surface area contributed by atoms with Gasteiger partial charge in [0, 0.05) is 12.8 Å². The highest BCUT2D eigenvalue weighted by molar-refractivity contribution is 5.74. The molecule has 12 nitrogen and oxygen atoms in total. The number of carbonyl (C=O) groups is 4. The number of aliphatic hydroxyl groups excluding tert-OH is 2. The molecular formula is C55H90O12. The zero-order valence-electron chi connectivity index (χ0n) is 41.6. The molecule has 0 aromatic heterocycles. The van der Waals surface area contributed by atoms with E-state index in [2.05, 4.69) is 69.4 Å². The minimum absolute atomic E-state index is 0.151. The van der Waals surface area contributed by atoms with E-state index in [-0.39, 0.29) is 25.9 Å². The second kappa shape index (κ2) is 43.4. The van der Waals surface area contributed by atoms with Gasteiger partial charge in [0.05, 0.1) is 13.0 Å². The lowest BCUT2D eigenvalue weighted by Gasteiger charge is -2.40. The number of hydrogen-bond donors (Lipinski definition) is 3. The van der Waals surface area contributed by atoms with E-state index < -0.39 is 67.3 Å². The van der Waals surface area contributed by atoms with Gasteiger partial charge in [-0.15, -0.1) is 0 Å². The molecule has 0 aromatic carbocycles. The molecule has 1 rings (SSSR count). The number of carbonyl (C=O) groups excluding carboxylic acids is 3. The lowest BCUT2D eigenvalue weighted by molar-refractivity contribution is -0.301. The number of ether oxygens (including phenoxy) is 5. The van der Waals surface area contributed by atoms with Crippen LogP contribution in [-0.4, -0.2) is 89.2 Å². The van der Waals surface area contributed by atoms with Crippen molar-refractivity contribution in [2.45, 2.75) is 237 Å². The summed E-state index contributed by atoms with van der Waals surface area (Å²) < 4.78 is 28.1. The van der Waals surface area contributed by atoms with Crippen LogP contribution >= 0.6 is 0 Å². The second-order valence-corrected chi connectivity index (χ2v) is 17.4. The van der Waals surface area contributed by atoms with Crippen LogP contribution in [0.25, 0.3) is 0 Å². The minimum Gasteiger partial charge on any atom is -0.479 e. The van der Waals surface area contributed by atoms with Crippen molar-refractivity contribution in [1.29, 1.82) is 0 Å². The molecule has 0 saturated carbocycles. The van der Waals surface area contributed by atoms with Crippen molar-refractivity contribution in [2.75, 3.05) is 13.2 Å². The van der Waals surface area contributed by atoms with Crippen LogP contribution in [-0.2, 0) is 42.9 Å². The van der Waals surface area contributed by atoms with Crippen LogP contribution in [0.5, 0.6) is 0 Å². The first-order valence-corrected chi connectivity index (χ1v) is 25.9. The lowest BCUT2D eigenvalue weighted by Crippen LogP contribution is -2.61. The predicted octanol–water partition coefficient (Wildman–Crippen LogP) is 12.2. The van der Waals surface area contributed by atoms with Gasteiger partial charge in [-0.1, -0.05) is 190 Å². The summed E-state index contributed by atoms with van der Waals surface area (Å²) >= 11 is 0. The Kier molecular flexibility index (Phi) is 39.7. The molecule has 0 bridgehead atoms. The molecule has 0 spiro atoms. The van der Waals surface area contributed by atoms with Gasteiger partial charge < -0.3 is 39.0 Å². The summed E-state index contributed by atoms with van der Waals surface area (Å²) in [5.41, 5.74) is 0. The molecule has 0 radical (unpaired) electrons. The van der Waals surface area contributed by atoms with E-state index in [9.17, 15) is 34.5 Å². The Morgan fingerprint density at radius 3 is 1.54 bits per heavy atom. The predicted molar refractivity (Wildman–Crippen MR) is 266 cm³/mol. The van der Waals surface area contributed by atoms with Crippen molar-refractivity contribution in [3.05, 3.63) is 72.9 Å². The Labute approximate surface area is 404 Å². The normalized spacial score (nSPS) is 19.4. The van der Waals surface area contributed by atoms with Crippen molar-refractivity contribution >= 4 is 23.9 Å². The van der Waals surface area contributed by atoms with Crippen LogP contribution in [0.1, 0.15) is 201 Å². The first kappa shape index (κ1) is 61.2. The summed E-state index contributed by atoms with van der Waals surface area (Å²) in [6, 6.07) is 0. The fraction of sp³-hybridized carbons (Fsp3) is 0.709. The number of aliphatic hydroxyl groups is 2. The van der Waals surface area contributed by atoms with Gasteiger partial charge in [-0.25, -0.2) is 4.79 Å². The van der Waals surface area contributed by atoms with Gasteiger partial charge in [-0.05, 0) is 64.2 Å². The Hall–Kier alpha value is -3.84. The average molecular weight is 943 g/mol. The third kappa shape index (κ3) is 34.2. The van der Waals surface area contributed by atoms with Gasteiger partial charge in [0.1, 0.15) is 18.8 Å². The molecule has 6 unspecified atom stereocenters. The molecule has 3 N–H and O–H groups in total. The highest BCUT2D eigenvalue weighted by Gasteiger charge is 2.50. The molecule has 1 heterocycles. The fourth-order valence-corrected chi connectivity index (χ4v) is 7.30. The lowest BCUT2D eigenvalue weighted by atomic mass is 9.98. The summed E-state index contributed by atoms with van der Waals surface area (Å²) in [6.07, 6.45) is 40.7. The molecule has 6 atom stereocenters. The third-order valence-corrected chi connectivity index (χ3v) is 11.3. The number of hydrogen-bond acceptors (Lipinski definition) is 11. The molecule has 12 heteroatoms. The van der Waals surface area contributed by atoms with Crippen LogP contribution in [0.3, 0.4) is 0 Å². The third-order valence-electron chi connectivity index (χ3n) is 11.3. The van der Waals surface area contributed by atoms with Gasteiger partial charge in [0.2, 0.25) is 0 Å². The fourth-order valence-electron chi connectivity index (χ4n) is 7.30. The maximum absolute atomic E-state index is 13.0. The largest absolute Gasteiger partial charge is 0.479 e. The number of rotatable bonds is 42. The molecule has 1 aliphatic heterocycles. The number of aliphatic carboxylic acids is 1. The van der Waals surface area contributed by atoms with Crippen LogP contribution < -0.4 is 0 Å². The average Bonchev–Trinajstić information content (AvgIpc) is 3.31. The van der Waals surface area contributed by atoms with E-state index >= 15 is 0 Å². The van der Waals surface area contributed by atoms with E-state index in [0.29, 0.717) is 19.3 Å². The maximum Gasteiger partial charge on any atom is 0.335 e. The number of allylic oxidation sites excluding steroid dienone is 11. The molecule has 0 aromatic rings. The zero-order valence-corrected chi connectivity index (χ0v) is 41.6. The van der Waals surface area contributed by atoms with Crippen molar-refractivity contribution < 1.29 is 58.2 Å². The van der Waals surface area contributed by atoms with Crippen molar-refractivity contribution in [2.24, 2.45) is 0 Å². The van der Waals surface area contributed by atoms with Crippen LogP contribution in [0.4, 0.5) is 0 Å². The van der Waals surface area contributed by atoms with E-state index in [1.54, 1.807) is 12.2 Å². The monoisotopic (exact) mass is 943 g/mol. The Bertz CT molecular complexity index is 1450. The Morgan fingerprint density at radius 2 is 1.00 bits per heavy atom. The molecule has 67 heavy (non-hydrogen) atoms. The van der Waals surface area contributed by atoms with Crippen molar-refractivity contribution in [1.82, 2.24) is 0 Å². The maximum atomic E-state index is 13.0. The van der Waals surface area contributed by atoms with Gasteiger partial charge in [0.25, 0.3) is 0 Å². The molecule has 1 fully saturated rings. The number of esters is 3. The molecule has 0 aliphatic carbocycles. The smallest absolute Gasteiger partial charge is 0.335 e. The Morgan fingerprint density at radius 1 is 0.522 bits per heavy atom. The van der Waals surface area contributed by atoms with E-state index in [4.69, 9.17) is 23.7 Å². The van der Waals surface area contributed by atoms with Crippen LogP contribution in [0.15, 0.2) is 72.9 Å². The standard InChI is InChI=1S/C55H90O12/c1-4-7-10-13-16-19-22-23-24-25-28-31-34-37-40-43-49(58)66-53-51(60)50(59)52(54(61)62)67-55(53)64-45-46(65-48(57)42-39-36-33-30-27-21-18-15-12-9-6-3)44-63-47(56)41-38-35-32-29-26-20-17-14-11-8-5-2/h7,10,14,16-17,19,23-24,28,31,37,40,46,50-53,55,59-60H,4-6,8-9,11-13,15,18,20-22,25-27,29-30,32-36,38-39,41-45H2,1-3H3,(H,61,62)/b10-7-,17-14-,19-16-,24-23-,31-28-,40-37-. The van der Waals surface area contributed by atoms with Crippen LogP contribution in [0, 0.1) is 0 Å². The Balaban J connectivity index is 2.80. The zero-order chi connectivity index (χ0) is 49.0. The summed E-state index contributed by atoms with van der Waals surface area (Å²) in [7, 11) is 0. The number of carboxylic acid groups (broad SMARTS) is 1. The first-order valence-electron chi connectivity index (χ1n) is 25.9. The summed E-state index contributed by atoms with van der Waals surface area (Å²) in [6.45, 7) is 5.74. The van der Waals surface area contributed by atoms with E-state index in [0.717, 1.165) is 83.5 Å². The van der Waals surface area contributed by atoms with Gasteiger partial charge >= 0.3 is 23.9 Å². The summed E-state index contributed by atoms with van der Waals surface area (Å²) in [5, 5.41) is 31.3. The van der Waals surface area contributed by atoms with Gasteiger partial charge in [0.15, 0.2) is 24.6 Å². The second-order valence-electron chi connectivity index (χ2n) is 17.4. The highest BCUT2D eigenvalue weighted by Crippen LogP contribution is 2.26. The molecule has 1 aliphatic rings. The first-order chi connectivity index (χ1) is 32.6. The van der Waals surface area contributed by atoms with E-state index in [1.807, 2.05) is 12.2 Å². The molecular weight excluding hydrogens is 853 g/mol. The minimum atomic E-state index is -1.93. The van der Waals surface area contributed by atoms with Gasteiger partial charge in [-0.3, -0.25) is 14.4 Å². The highest BCUT2D eigenvalue weighted by atomic mass is 16.7. The molecule has 0 amide bonds. The van der Waals surface area contributed by atoms with E-state index in [1.165, 1.54) is 57.8 Å². The number of unbranched alkanes of at least 4 members (excludes halogenated alkanes) is 17. The molecule has 382 valence electrons. The summed E-state index contributed by atoms with van der Waals surface area (Å²) in [5.74, 6) is -3.30. The van der Waals surface area contributed by atoms with Crippen molar-refractivity contribution in [3.63, 3.8) is 0 Å². The topological polar surface area (TPSA) is 175 Å². The van der Waals surface area contributed by atoms with Crippen LogP contribution in [0.2, 0.25) is 0 Å². The SMILES string of the molecule is CC/C=C\C/C=C\C/C=C\C/C=C\C/C=C\CC(=O)OC1C(OCC(COC(=O)CCCCCCC/C=C\CCCC)OC(=O)CCCCCCCCCCCCC)OC(C(=O)O)C(O)C1O. The quantitative estimate of drug-likeness (QED) is 0.0229. The summed E-state index contributed by atoms with van der Waals surface area (Å²) in [4.78, 5) is 50.7.